The molecule has 0 aliphatic carbocycles. The van der Waals surface area contributed by atoms with E-state index in [0.29, 0.717) is 28.4 Å². The summed E-state index contributed by atoms with van der Waals surface area (Å²) in [6.07, 6.45) is 1.14. The Hall–Kier alpha value is -2.05. The number of fused-ring (bicyclic) bond motifs is 2. The van der Waals surface area contributed by atoms with Crippen LogP contribution in [-0.2, 0) is 4.74 Å². The van der Waals surface area contributed by atoms with Crippen LogP contribution < -0.4 is 5.32 Å². The van der Waals surface area contributed by atoms with E-state index in [1.165, 1.54) is 12.1 Å². The number of nitrogens with one attached hydrogen (secondary N) is 1. The molecule has 1 amide bonds. The highest BCUT2D eigenvalue weighted by atomic mass is 19.1. The zero-order valence-corrected chi connectivity index (χ0v) is 16.0. The summed E-state index contributed by atoms with van der Waals surface area (Å²) >= 11 is 0. The van der Waals surface area contributed by atoms with E-state index >= 15 is 0 Å². The normalized spacial score (nSPS) is 25.7. The van der Waals surface area contributed by atoms with Crippen LogP contribution in [0.2, 0.25) is 0 Å². The Labute approximate surface area is 158 Å². The van der Waals surface area contributed by atoms with Gasteiger partial charge in [0.1, 0.15) is 5.82 Å². The van der Waals surface area contributed by atoms with Gasteiger partial charge < -0.3 is 10.1 Å². The second-order valence-electron chi connectivity index (χ2n) is 8.10. The van der Waals surface area contributed by atoms with Gasteiger partial charge in [0.25, 0.3) is 5.91 Å². The van der Waals surface area contributed by atoms with Crippen LogP contribution in [0.5, 0.6) is 0 Å². The molecule has 1 aromatic heterocycles. The highest BCUT2D eigenvalue weighted by Crippen LogP contribution is 2.26. The first-order chi connectivity index (χ1) is 12.9. The number of hydrogen-bond acceptors (Lipinski definition) is 4. The molecule has 4 rings (SSSR count). The van der Waals surface area contributed by atoms with Crippen LogP contribution in [-0.4, -0.2) is 53.7 Å². The summed E-state index contributed by atoms with van der Waals surface area (Å²) < 4.78 is 19.7. The Morgan fingerprint density at radius 2 is 2.15 bits per heavy atom. The molecule has 3 atom stereocenters. The van der Waals surface area contributed by atoms with E-state index in [1.54, 1.807) is 12.1 Å². The van der Waals surface area contributed by atoms with Crippen LogP contribution in [0.15, 0.2) is 24.3 Å². The lowest BCUT2D eigenvalue weighted by Crippen LogP contribution is -2.48. The molecule has 0 radical (unpaired) electrons. The maximum atomic E-state index is 13.7. The molecule has 2 aliphatic rings. The van der Waals surface area contributed by atoms with Crippen LogP contribution in [0.3, 0.4) is 0 Å². The number of amides is 1. The van der Waals surface area contributed by atoms with Crippen LogP contribution in [0.4, 0.5) is 4.39 Å². The fraction of sp³-hybridized carbons (Fsp3) is 0.524. The van der Waals surface area contributed by atoms with Gasteiger partial charge in [0, 0.05) is 36.3 Å². The summed E-state index contributed by atoms with van der Waals surface area (Å²) in [5.41, 5.74) is 1.87. The van der Waals surface area contributed by atoms with Crippen LogP contribution >= 0.6 is 0 Å². The second-order valence-corrected chi connectivity index (χ2v) is 8.10. The molecule has 27 heavy (non-hydrogen) atoms. The van der Waals surface area contributed by atoms with Gasteiger partial charge in [-0.2, -0.15) is 0 Å². The molecule has 5 nitrogen and oxygen atoms in total. The second kappa shape index (κ2) is 7.17. The van der Waals surface area contributed by atoms with Crippen LogP contribution in [0.25, 0.3) is 10.9 Å². The minimum atomic E-state index is -0.364. The van der Waals surface area contributed by atoms with Gasteiger partial charge in [-0.1, -0.05) is 13.8 Å². The SMILES string of the molecule is Cc1cc(C(=O)N[C@H]2C[C@H]3CO[C@H](C(C)C)CN3C2)c2cc(F)ccc2n1. The fourth-order valence-electron chi connectivity index (χ4n) is 4.19. The summed E-state index contributed by atoms with van der Waals surface area (Å²) in [5.74, 6) is -0.0417. The van der Waals surface area contributed by atoms with Gasteiger partial charge in [0.2, 0.25) is 0 Å². The summed E-state index contributed by atoms with van der Waals surface area (Å²) in [4.78, 5) is 19.8. The van der Waals surface area contributed by atoms with Crippen LogP contribution in [0.1, 0.15) is 36.3 Å². The van der Waals surface area contributed by atoms with Crippen molar-refractivity contribution in [1.29, 1.82) is 0 Å². The molecule has 2 aromatic rings. The third-order valence-corrected chi connectivity index (χ3v) is 5.67. The molecule has 2 saturated heterocycles. The number of pyridine rings is 1. The standard InChI is InChI=1S/C21H26FN3O2/c1-12(2)20-10-25-9-15(8-16(25)11-27-20)24-21(26)18-6-13(3)23-19-5-4-14(22)7-17(18)19/h4-7,12,15-16,20H,8-11H2,1-3H3,(H,24,26)/t15-,16-,20-/m0/s1. The van der Waals surface area contributed by atoms with E-state index in [-0.39, 0.29) is 23.9 Å². The zero-order valence-electron chi connectivity index (χ0n) is 16.0. The number of aryl methyl sites for hydroxylation is 1. The van der Waals surface area contributed by atoms with E-state index in [0.717, 1.165) is 31.8 Å². The number of benzene rings is 1. The van der Waals surface area contributed by atoms with Gasteiger partial charge in [-0.05, 0) is 43.5 Å². The number of rotatable bonds is 3. The Morgan fingerprint density at radius 1 is 1.33 bits per heavy atom. The highest BCUT2D eigenvalue weighted by Gasteiger charge is 2.38. The van der Waals surface area contributed by atoms with E-state index in [2.05, 4.69) is 29.0 Å². The molecular weight excluding hydrogens is 345 g/mol. The number of morpholine rings is 1. The van der Waals surface area contributed by atoms with Crippen molar-refractivity contribution in [2.45, 2.75) is 45.4 Å². The van der Waals surface area contributed by atoms with Crippen molar-refractivity contribution in [1.82, 2.24) is 15.2 Å². The topological polar surface area (TPSA) is 54.5 Å². The predicted molar refractivity (Wildman–Crippen MR) is 102 cm³/mol. The number of carbonyl (C=O) groups is 1. The molecule has 0 unspecified atom stereocenters. The smallest absolute Gasteiger partial charge is 0.252 e. The summed E-state index contributed by atoms with van der Waals surface area (Å²) in [5, 5.41) is 3.70. The average Bonchev–Trinajstić information content (AvgIpc) is 3.02. The maximum absolute atomic E-state index is 13.7. The largest absolute Gasteiger partial charge is 0.375 e. The molecule has 0 bridgehead atoms. The minimum Gasteiger partial charge on any atom is -0.375 e. The van der Waals surface area contributed by atoms with E-state index < -0.39 is 0 Å². The molecule has 3 heterocycles. The molecule has 1 N–H and O–H groups in total. The lowest BCUT2D eigenvalue weighted by atomic mass is 10.0. The van der Waals surface area contributed by atoms with Gasteiger partial charge >= 0.3 is 0 Å². The molecule has 2 fully saturated rings. The van der Waals surface area contributed by atoms with Crippen molar-refractivity contribution in [3.8, 4) is 0 Å². The molecule has 2 aliphatic heterocycles. The molecule has 1 aromatic carbocycles. The van der Waals surface area contributed by atoms with Gasteiger partial charge in [0.15, 0.2) is 0 Å². The first-order valence-electron chi connectivity index (χ1n) is 9.64. The van der Waals surface area contributed by atoms with E-state index in [4.69, 9.17) is 4.74 Å². The number of halogens is 1. The van der Waals surface area contributed by atoms with Crippen LogP contribution in [0, 0.1) is 18.7 Å². The van der Waals surface area contributed by atoms with Gasteiger partial charge in [0.05, 0.1) is 23.8 Å². The predicted octanol–water partition coefficient (Wildman–Crippen LogP) is 2.91. The van der Waals surface area contributed by atoms with Crippen molar-refractivity contribution >= 4 is 16.8 Å². The van der Waals surface area contributed by atoms with Crippen molar-refractivity contribution in [2.24, 2.45) is 5.92 Å². The number of ether oxygens (including phenoxy) is 1. The third kappa shape index (κ3) is 3.69. The number of hydrogen-bond donors (Lipinski definition) is 1. The zero-order chi connectivity index (χ0) is 19.1. The number of carbonyl (C=O) groups excluding carboxylic acids is 1. The maximum Gasteiger partial charge on any atom is 0.252 e. The lowest BCUT2D eigenvalue weighted by molar-refractivity contribution is -0.0683. The molecular formula is C21H26FN3O2. The summed E-state index contributed by atoms with van der Waals surface area (Å²) in [6, 6.07) is 6.55. The Balaban J connectivity index is 1.51. The van der Waals surface area contributed by atoms with Crippen molar-refractivity contribution in [2.75, 3.05) is 19.7 Å². The summed E-state index contributed by atoms with van der Waals surface area (Å²) in [7, 11) is 0. The van der Waals surface area contributed by atoms with Crippen molar-refractivity contribution in [3.63, 3.8) is 0 Å². The minimum absolute atomic E-state index is 0.0779. The summed E-state index contributed by atoms with van der Waals surface area (Å²) in [6.45, 7) is 8.67. The highest BCUT2D eigenvalue weighted by molar-refractivity contribution is 6.06. The number of aromatic nitrogens is 1. The quantitative estimate of drug-likeness (QED) is 0.901. The molecule has 0 spiro atoms. The fourth-order valence-corrected chi connectivity index (χ4v) is 4.19. The Morgan fingerprint density at radius 3 is 2.93 bits per heavy atom. The van der Waals surface area contributed by atoms with Gasteiger partial charge in [-0.3, -0.25) is 14.7 Å². The Kier molecular flexibility index (Phi) is 4.86. The first-order valence-corrected chi connectivity index (χ1v) is 9.64. The van der Waals surface area contributed by atoms with Crippen molar-refractivity contribution in [3.05, 3.63) is 41.3 Å². The molecule has 0 saturated carbocycles. The van der Waals surface area contributed by atoms with Gasteiger partial charge in [-0.15, -0.1) is 0 Å². The van der Waals surface area contributed by atoms with E-state index in [1.807, 2.05) is 6.92 Å². The van der Waals surface area contributed by atoms with Gasteiger partial charge in [-0.25, -0.2) is 4.39 Å². The Bertz CT molecular complexity index is 870. The lowest BCUT2D eigenvalue weighted by Gasteiger charge is -2.36. The molecule has 144 valence electrons. The monoisotopic (exact) mass is 371 g/mol. The average molecular weight is 371 g/mol. The molecule has 6 heteroatoms. The number of nitrogens with zero attached hydrogens (tertiary/aromatic N) is 2. The van der Waals surface area contributed by atoms with E-state index in [9.17, 15) is 9.18 Å². The first kappa shape index (κ1) is 18.3. The van der Waals surface area contributed by atoms with Crippen molar-refractivity contribution < 1.29 is 13.9 Å². The third-order valence-electron chi connectivity index (χ3n) is 5.67.